The molecule has 74 valence electrons. The Hall–Kier alpha value is -1.16. The lowest BCUT2D eigenvalue weighted by molar-refractivity contribution is -0.118. The summed E-state index contributed by atoms with van der Waals surface area (Å²) in [6.07, 6.45) is 4.08. The zero-order valence-corrected chi connectivity index (χ0v) is 8.71. The summed E-state index contributed by atoms with van der Waals surface area (Å²) < 4.78 is 5.34. The van der Waals surface area contributed by atoms with Crippen molar-refractivity contribution in [3.8, 4) is 0 Å². The van der Waals surface area contributed by atoms with E-state index < -0.39 is 0 Å². The van der Waals surface area contributed by atoms with Crippen molar-refractivity contribution >= 4 is 17.1 Å². The van der Waals surface area contributed by atoms with Crippen molar-refractivity contribution in [2.24, 2.45) is 0 Å². The number of allylic oxidation sites excluding steroid dienone is 1. The number of aryl methyl sites for hydroxylation is 1. The predicted molar refractivity (Wildman–Crippen MR) is 54.1 cm³/mol. The Morgan fingerprint density at radius 2 is 2.57 bits per heavy atom. The number of nitrogens with zero attached hydrogens (tertiary/aromatic N) is 1. The van der Waals surface area contributed by atoms with Crippen LogP contribution in [-0.2, 0) is 16.0 Å². The van der Waals surface area contributed by atoms with E-state index in [9.17, 15) is 4.79 Å². The van der Waals surface area contributed by atoms with Crippen molar-refractivity contribution in [2.75, 3.05) is 0 Å². The van der Waals surface area contributed by atoms with E-state index in [0.29, 0.717) is 6.42 Å². The van der Waals surface area contributed by atoms with Crippen molar-refractivity contribution in [3.05, 3.63) is 28.4 Å². The molecular formula is C10H11NO2S. The van der Waals surface area contributed by atoms with E-state index in [1.807, 2.05) is 5.38 Å². The second-order valence-electron chi connectivity index (χ2n) is 3.12. The highest BCUT2D eigenvalue weighted by atomic mass is 32.1. The molecule has 0 saturated carbocycles. The summed E-state index contributed by atoms with van der Waals surface area (Å²) in [4.78, 5) is 15.5. The number of hydrogen-bond donors (Lipinski definition) is 0. The molecule has 0 spiro atoms. The fraction of sp³-hybridized carbons (Fsp3) is 0.400. The molecule has 0 aromatic carbocycles. The topological polar surface area (TPSA) is 39.2 Å². The first-order valence-electron chi connectivity index (χ1n) is 4.58. The molecule has 0 aliphatic carbocycles. The first kappa shape index (κ1) is 9.40. The summed E-state index contributed by atoms with van der Waals surface area (Å²) in [5.74, 6) is 0.104. The minimum atomic E-state index is -0.177. The lowest BCUT2D eigenvalue weighted by Gasteiger charge is -2.16. The Kier molecular flexibility index (Phi) is 2.63. The lowest BCUT2D eigenvalue weighted by Crippen LogP contribution is -2.11. The van der Waals surface area contributed by atoms with Gasteiger partial charge in [-0.1, -0.05) is 6.92 Å². The Labute approximate surface area is 86.4 Å². The number of ether oxygens (including phenoxy) is 1. The molecule has 1 aromatic rings. The Balaban J connectivity index is 2.15. The molecule has 0 amide bonds. The summed E-state index contributed by atoms with van der Waals surface area (Å²) >= 11 is 1.62. The molecule has 2 heterocycles. The van der Waals surface area contributed by atoms with Crippen LogP contribution in [0.3, 0.4) is 0 Å². The monoisotopic (exact) mass is 209 g/mol. The predicted octanol–water partition coefficient (Wildman–Crippen LogP) is 2.25. The second kappa shape index (κ2) is 3.92. The van der Waals surface area contributed by atoms with Gasteiger partial charge in [0.1, 0.15) is 6.10 Å². The molecule has 2 rings (SSSR count). The van der Waals surface area contributed by atoms with Gasteiger partial charge < -0.3 is 4.74 Å². The fourth-order valence-electron chi connectivity index (χ4n) is 1.32. The van der Waals surface area contributed by atoms with Gasteiger partial charge in [0.05, 0.1) is 23.4 Å². The molecule has 14 heavy (non-hydrogen) atoms. The highest BCUT2D eigenvalue weighted by Crippen LogP contribution is 2.26. The maximum atomic E-state index is 11.1. The van der Waals surface area contributed by atoms with Gasteiger partial charge in [-0.2, -0.15) is 0 Å². The first-order chi connectivity index (χ1) is 6.79. The molecule has 4 heteroatoms. The molecule has 3 nitrogen and oxygen atoms in total. The first-order valence-corrected chi connectivity index (χ1v) is 5.46. The number of ketones is 1. The highest BCUT2D eigenvalue weighted by molar-refractivity contribution is 7.09. The molecule has 1 atom stereocenters. The number of thiazole rings is 1. The summed E-state index contributed by atoms with van der Waals surface area (Å²) in [6, 6.07) is 0. The number of carbonyl (C=O) groups excluding carboxylic acids is 1. The van der Waals surface area contributed by atoms with Gasteiger partial charge in [0.15, 0.2) is 5.78 Å². The van der Waals surface area contributed by atoms with Gasteiger partial charge in [-0.25, -0.2) is 4.98 Å². The maximum absolute atomic E-state index is 11.1. The smallest absolute Gasteiger partial charge is 0.162 e. The van der Waals surface area contributed by atoms with Crippen molar-refractivity contribution in [3.63, 3.8) is 0 Å². The van der Waals surface area contributed by atoms with Gasteiger partial charge in [-0.3, -0.25) is 4.79 Å². The van der Waals surface area contributed by atoms with Crippen LogP contribution in [0.15, 0.2) is 17.7 Å². The van der Waals surface area contributed by atoms with E-state index in [1.165, 1.54) is 12.3 Å². The standard InChI is InChI=1S/C10H11NO2S/c1-2-10-11-8(6-14-10)9-5-7(12)3-4-13-9/h3-4,6,9H,2,5H2,1H3. The van der Waals surface area contributed by atoms with E-state index in [4.69, 9.17) is 4.74 Å². The summed E-state index contributed by atoms with van der Waals surface area (Å²) in [7, 11) is 0. The van der Waals surface area contributed by atoms with Crippen LogP contribution in [0.25, 0.3) is 0 Å². The molecule has 0 saturated heterocycles. The molecule has 1 aliphatic heterocycles. The SMILES string of the molecule is CCc1nc(C2CC(=O)C=CO2)cs1. The average molecular weight is 209 g/mol. The molecule has 0 fully saturated rings. The van der Waals surface area contributed by atoms with Crippen LogP contribution in [0.2, 0.25) is 0 Å². The molecule has 1 aliphatic rings. The zero-order chi connectivity index (χ0) is 9.97. The van der Waals surface area contributed by atoms with Gasteiger partial charge in [-0.05, 0) is 6.42 Å². The van der Waals surface area contributed by atoms with Crippen LogP contribution >= 0.6 is 11.3 Å². The van der Waals surface area contributed by atoms with E-state index in [2.05, 4.69) is 11.9 Å². The van der Waals surface area contributed by atoms with Gasteiger partial charge >= 0.3 is 0 Å². The number of rotatable bonds is 2. The van der Waals surface area contributed by atoms with Crippen LogP contribution in [-0.4, -0.2) is 10.8 Å². The third kappa shape index (κ3) is 1.85. The number of aromatic nitrogens is 1. The molecule has 0 bridgehead atoms. The van der Waals surface area contributed by atoms with Crippen LogP contribution in [0.4, 0.5) is 0 Å². The summed E-state index contributed by atoms with van der Waals surface area (Å²) in [5, 5.41) is 3.06. The minimum Gasteiger partial charge on any atom is -0.491 e. The van der Waals surface area contributed by atoms with Crippen molar-refractivity contribution in [1.29, 1.82) is 0 Å². The van der Waals surface area contributed by atoms with E-state index in [1.54, 1.807) is 11.3 Å². The van der Waals surface area contributed by atoms with Gasteiger partial charge in [0.25, 0.3) is 0 Å². The fourth-order valence-corrected chi connectivity index (χ4v) is 2.10. The van der Waals surface area contributed by atoms with Crippen molar-refractivity contribution < 1.29 is 9.53 Å². The third-order valence-electron chi connectivity index (χ3n) is 2.09. The van der Waals surface area contributed by atoms with E-state index in [0.717, 1.165) is 17.1 Å². The minimum absolute atomic E-state index is 0.104. The van der Waals surface area contributed by atoms with E-state index in [-0.39, 0.29) is 11.9 Å². The average Bonchev–Trinajstić information content (AvgIpc) is 2.66. The largest absolute Gasteiger partial charge is 0.491 e. The van der Waals surface area contributed by atoms with Crippen molar-refractivity contribution in [1.82, 2.24) is 4.98 Å². The third-order valence-corrected chi connectivity index (χ3v) is 3.10. The second-order valence-corrected chi connectivity index (χ2v) is 4.06. The van der Waals surface area contributed by atoms with Crippen LogP contribution < -0.4 is 0 Å². The Morgan fingerprint density at radius 3 is 3.21 bits per heavy atom. The summed E-state index contributed by atoms with van der Waals surface area (Å²) in [6.45, 7) is 2.06. The number of carbonyl (C=O) groups is 1. The molecule has 1 aromatic heterocycles. The summed E-state index contributed by atoms with van der Waals surface area (Å²) in [5.41, 5.74) is 0.879. The molecular weight excluding hydrogens is 198 g/mol. The highest BCUT2D eigenvalue weighted by Gasteiger charge is 2.20. The molecule has 0 radical (unpaired) electrons. The van der Waals surface area contributed by atoms with Gasteiger partial charge in [0.2, 0.25) is 0 Å². The zero-order valence-electron chi connectivity index (χ0n) is 7.90. The Morgan fingerprint density at radius 1 is 1.71 bits per heavy atom. The van der Waals surface area contributed by atoms with Crippen molar-refractivity contribution in [2.45, 2.75) is 25.9 Å². The Bertz CT molecular complexity index is 370. The molecule has 1 unspecified atom stereocenters. The van der Waals surface area contributed by atoms with Crippen LogP contribution in [0.5, 0.6) is 0 Å². The van der Waals surface area contributed by atoms with E-state index >= 15 is 0 Å². The molecule has 0 N–H and O–H groups in total. The van der Waals surface area contributed by atoms with Gasteiger partial charge in [-0.15, -0.1) is 11.3 Å². The quantitative estimate of drug-likeness (QED) is 0.750. The van der Waals surface area contributed by atoms with Crippen LogP contribution in [0.1, 0.15) is 30.2 Å². The van der Waals surface area contributed by atoms with Gasteiger partial charge in [0, 0.05) is 11.5 Å². The maximum Gasteiger partial charge on any atom is 0.162 e. The number of hydrogen-bond acceptors (Lipinski definition) is 4. The van der Waals surface area contributed by atoms with Crippen LogP contribution in [0, 0.1) is 0 Å². The normalized spacial score (nSPS) is 20.9. The lowest BCUT2D eigenvalue weighted by atomic mass is 10.1.